The van der Waals surface area contributed by atoms with Gasteiger partial charge in [0.05, 0.1) is 5.69 Å². The van der Waals surface area contributed by atoms with Gasteiger partial charge < -0.3 is 0 Å². The van der Waals surface area contributed by atoms with Crippen molar-refractivity contribution >= 4 is 0 Å². The van der Waals surface area contributed by atoms with Crippen LogP contribution in [0.2, 0.25) is 0 Å². The molecule has 1 saturated carbocycles. The number of hydrazine groups is 1. The summed E-state index contributed by atoms with van der Waals surface area (Å²) in [5.41, 5.74) is 4.22. The number of nitrogens with one attached hydrogen (secondary N) is 1. The highest BCUT2D eigenvalue weighted by Gasteiger charge is 2.22. The van der Waals surface area contributed by atoms with E-state index in [-0.39, 0.29) is 0 Å². The minimum atomic E-state index is 0.369. The molecule has 1 aliphatic carbocycles. The first kappa shape index (κ1) is 15.5. The summed E-state index contributed by atoms with van der Waals surface area (Å²) in [6, 6.07) is 2.99. The molecule has 2 rings (SSSR count). The molecule has 0 radical (unpaired) electrons. The molecular weight excluding hydrogens is 248 g/mol. The van der Waals surface area contributed by atoms with E-state index >= 15 is 0 Å². The largest absolute Gasteiger partial charge is 0.271 e. The van der Waals surface area contributed by atoms with Crippen LogP contribution in [0.15, 0.2) is 12.3 Å². The number of hydrogen-bond donors (Lipinski definition) is 2. The second kappa shape index (κ2) is 7.79. The molecule has 20 heavy (non-hydrogen) atoms. The average molecular weight is 278 g/mol. The molecule has 4 nitrogen and oxygen atoms in total. The van der Waals surface area contributed by atoms with Crippen LogP contribution in [0.4, 0.5) is 0 Å². The van der Waals surface area contributed by atoms with Crippen molar-refractivity contribution in [2.45, 2.75) is 77.3 Å². The molecule has 1 aromatic heterocycles. The van der Waals surface area contributed by atoms with Gasteiger partial charge in [-0.05, 0) is 38.2 Å². The average Bonchev–Trinajstić information content (AvgIpc) is 2.77. The lowest BCUT2D eigenvalue weighted by Gasteiger charge is -2.24. The molecule has 0 bridgehead atoms. The first-order chi connectivity index (χ1) is 9.74. The van der Waals surface area contributed by atoms with Crippen molar-refractivity contribution in [1.29, 1.82) is 0 Å². The van der Waals surface area contributed by atoms with Crippen molar-refractivity contribution in [3.05, 3.63) is 18.0 Å². The molecule has 0 amide bonds. The molecule has 1 fully saturated rings. The van der Waals surface area contributed by atoms with Gasteiger partial charge in [0.2, 0.25) is 0 Å². The minimum absolute atomic E-state index is 0.369. The molecule has 1 heterocycles. The molecule has 1 aliphatic rings. The molecule has 0 spiro atoms. The Kier molecular flexibility index (Phi) is 6.05. The van der Waals surface area contributed by atoms with E-state index in [9.17, 15) is 0 Å². The highest BCUT2D eigenvalue weighted by Crippen LogP contribution is 2.26. The summed E-state index contributed by atoms with van der Waals surface area (Å²) in [4.78, 5) is 0. The maximum Gasteiger partial charge on any atom is 0.0640 e. The van der Waals surface area contributed by atoms with Gasteiger partial charge in [0.1, 0.15) is 0 Å². The van der Waals surface area contributed by atoms with Crippen LogP contribution in [0.3, 0.4) is 0 Å². The van der Waals surface area contributed by atoms with Crippen molar-refractivity contribution in [1.82, 2.24) is 15.2 Å². The van der Waals surface area contributed by atoms with Crippen LogP contribution in [0.1, 0.15) is 70.5 Å². The van der Waals surface area contributed by atoms with Crippen LogP contribution in [0.5, 0.6) is 0 Å². The van der Waals surface area contributed by atoms with Gasteiger partial charge in [0.25, 0.3) is 0 Å². The second-order valence-corrected chi connectivity index (χ2v) is 6.27. The molecule has 0 saturated heterocycles. The Labute approximate surface area is 123 Å². The predicted molar refractivity (Wildman–Crippen MR) is 83.2 cm³/mol. The number of aromatic nitrogens is 2. The third-order valence-electron chi connectivity index (χ3n) is 4.82. The minimum Gasteiger partial charge on any atom is -0.271 e. The van der Waals surface area contributed by atoms with Crippen LogP contribution < -0.4 is 11.3 Å². The monoisotopic (exact) mass is 278 g/mol. The Morgan fingerprint density at radius 1 is 1.35 bits per heavy atom. The first-order valence-electron chi connectivity index (χ1n) is 8.24. The maximum absolute atomic E-state index is 5.81. The van der Waals surface area contributed by atoms with Gasteiger partial charge in [-0.25, -0.2) is 0 Å². The number of nitrogens with zero attached hydrogens (tertiary/aromatic N) is 2. The molecular formula is C16H30N4. The van der Waals surface area contributed by atoms with Gasteiger partial charge in [-0.2, -0.15) is 5.10 Å². The van der Waals surface area contributed by atoms with E-state index in [0.717, 1.165) is 18.5 Å². The van der Waals surface area contributed by atoms with Crippen LogP contribution in [0.25, 0.3) is 0 Å². The summed E-state index contributed by atoms with van der Waals surface area (Å²) >= 11 is 0. The number of hydrogen-bond acceptors (Lipinski definition) is 3. The summed E-state index contributed by atoms with van der Waals surface area (Å²) in [6.45, 7) is 4.41. The van der Waals surface area contributed by atoms with Gasteiger partial charge in [-0.15, -0.1) is 0 Å². The van der Waals surface area contributed by atoms with Crippen LogP contribution in [0, 0.1) is 5.92 Å². The molecule has 3 N–H and O–H groups in total. The smallest absolute Gasteiger partial charge is 0.0640 e. The van der Waals surface area contributed by atoms with E-state index in [4.69, 9.17) is 10.9 Å². The standard InChI is InChI=1S/C16H30N4/c1-3-13(2)20-11-10-15(19-20)12-16(18-17)14-8-6-4-5-7-9-14/h10-11,13-14,16,18H,3-9,12,17H2,1-2H3. The summed E-state index contributed by atoms with van der Waals surface area (Å²) < 4.78 is 2.08. The SMILES string of the molecule is CCC(C)n1ccc(CC(NN)C2CCCCCC2)n1. The van der Waals surface area contributed by atoms with E-state index < -0.39 is 0 Å². The topological polar surface area (TPSA) is 55.9 Å². The molecule has 4 heteroatoms. The molecule has 0 aliphatic heterocycles. The molecule has 2 unspecified atom stereocenters. The zero-order valence-corrected chi connectivity index (χ0v) is 13.0. The van der Waals surface area contributed by atoms with Crippen molar-refractivity contribution in [2.24, 2.45) is 11.8 Å². The van der Waals surface area contributed by atoms with Crippen molar-refractivity contribution in [3.63, 3.8) is 0 Å². The van der Waals surface area contributed by atoms with E-state index in [0.29, 0.717) is 18.0 Å². The van der Waals surface area contributed by atoms with Crippen LogP contribution in [-0.4, -0.2) is 15.8 Å². The summed E-state index contributed by atoms with van der Waals surface area (Å²) in [5.74, 6) is 6.52. The van der Waals surface area contributed by atoms with Crippen molar-refractivity contribution < 1.29 is 0 Å². The van der Waals surface area contributed by atoms with E-state index in [1.165, 1.54) is 38.5 Å². The highest BCUT2D eigenvalue weighted by molar-refractivity contribution is 5.03. The first-order valence-corrected chi connectivity index (χ1v) is 8.24. The van der Waals surface area contributed by atoms with E-state index in [2.05, 4.69) is 36.2 Å². The molecule has 2 atom stereocenters. The zero-order chi connectivity index (χ0) is 14.4. The molecule has 114 valence electrons. The Bertz CT molecular complexity index is 380. The van der Waals surface area contributed by atoms with Gasteiger partial charge in [0, 0.05) is 24.7 Å². The fourth-order valence-electron chi connectivity index (χ4n) is 3.22. The maximum atomic E-state index is 5.81. The molecule has 1 aromatic rings. The quantitative estimate of drug-likeness (QED) is 0.477. The third-order valence-corrected chi connectivity index (χ3v) is 4.82. The Morgan fingerprint density at radius 2 is 2.05 bits per heavy atom. The van der Waals surface area contributed by atoms with Crippen LogP contribution in [-0.2, 0) is 6.42 Å². The normalized spacial score (nSPS) is 20.6. The van der Waals surface area contributed by atoms with Crippen LogP contribution >= 0.6 is 0 Å². The fourth-order valence-corrected chi connectivity index (χ4v) is 3.22. The summed E-state index contributed by atoms with van der Waals surface area (Å²) in [5, 5.41) is 4.71. The number of rotatable bonds is 6. The zero-order valence-electron chi connectivity index (χ0n) is 13.0. The van der Waals surface area contributed by atoms with E-state index in [1.807, 2.05) is 0 Å². The lowest BCUT2D eigenvalue weighted by Crippen LogP contribution is -2.42. The van der Waals surface area contributed by atoms with Gasteiger partial charge in [-0.3, -0.25) is 16.0 Å². The third kappa shape index (κ3) is 4.06. The van der Waals surface area contributed by atoms with Gasteiger partial charge >= 0.3 is 0 Å². The summed E-state index contributed by atoms with van der Waals surface area (Å²) in [7, 11) is 0. The Morgan fingerprint density at radius 3 is 2.65 bits per heavy atom. The lowest BCUT2D eigenvalue weighted by atomic mass is 9.89. The predicted octanol–water partition coefficient (Wildman–Crippen LogP) is 3.20. The highest BCUT2D eigenvalue weighted by atomic mass is 15.3. The van der Waals surface area contributed by atoms with E-state index in [1.54, 1.807) is 0 Å². The van der Waals surface area contributed by atoms with Crippen molar-refractivity contribution in [3.8, 4) is 0 Å². The van der Waals surface area contributed by atoms with Crippen molar-refractivity contribution in [2.75, 3.05) is 0 Å². The second-order valence-electron chi connectivity index (χ2n) is 6.27. The van der Waals surface area contributed by atoms with Gasteiger partial charge in [-0.1, -0.05) is 32.6 Å². The Balaban J connectivity index is 1.96. The lowest BCUT2D eigenvalue weighted by molar-refractivity contribution is 0.317. The van der Waals surface area contributed by atoms with Gasteiger partial charge in [0.15, 0.2) is 0 Å². The Hall–Kier alpha value is -0.870. The summed E-state index contributed by atoms with van der Waals surface area (Å²) in [6.07, 6.45) is 12.3. The number of nitrogens with two attached hydrogens (primary N) is 1. The fraction of sp³-hybridized carbons (Fsp3) is 0.812. The molecule has 0 aromatic carbocycles.